The van der Waals surface area contributed by atoms with Gasteiger partial charge in [0.15, 0.2) is 0 Å². The second kappa shape index (κ2) is 5.36. The normalized spacial score (nSPS) is 16.1. The highest BCUT2D eigenvalue weighted by Crippen LogP contribution is 2.37. The molecule has 2 rings (SSSR count). The Balaban J connectivity index is 2.62. The molecular formula is C14H13BrClF. The van der Waals surface area contributed by atoms with Gasteiger partial charge in [-0.2, -0.15) is 0 Å². The first-order valence-corrected chi connectivity index (χ1v) is 6.83. The van der Waals surface area contributed by atoms with E-state index in [4.69, 9.17) is 11.6 Å². The van der Waals surface area contributed by atoms with Crippen LogP contribution in [0.3, 0.4) is 0 Å². The lowest BCUT2D eigenvalue weighted by Crippen LogP contribution is -1.99. The molecule has 0 heterocycles. The second-order valence-corrected chi connectivity index (χ2v) is 5.40. The van der Waals surface area contributed by atoms with Gasteiger partial charge in [-0.25, -0.2) is 4.39 Å². The molecule has 1 aromatic rings. The zero-order valence-electron chi connectivity index (χ0n) is 9.56. The molecular weight excluding hydrogens is 303 g/mol. The van der Waals surface area contributed by atoms with Crippen LogP contribution in [0.4, 0.5) is 4.39 Å². The van der Waals surface area contributed by atoms with Crippen LogP contribution in [0.1, 0.15) is 31.7 Å². The summed E-state index contributed by atoms with van der Waals surface area (Å²) in [6, 6.07) is 5.04. The zero-order chi connectivity index (χ0) is 12.4. The molecule has 1 aliphatic rings. The molecule has 1 aromatic carbocycles. The molecule has 0 atom stereocenters. The van der Waals surface area contributed by atoms with Crippen molar-refractivity contribution >= 4 is 33.1 Å². The van der Waals surface area contributed by atoms with E-state index in [1.54, 1.807) is 6.07 Å². The molecule has 0 N–H and O–H groups in total. The van der Waals surface area contributed by atoms with Crippen molar-refractivity contribution in [3.63, 3.8) is 0 Å². The number of benzene rings is 1. The molecule has 0 saturated carbocycles. The largest absolute Gasteiger partial charge is 0.206 e. The minimum atomic E-state index is -0.206. The summed E-state index contributed by atoms with van der Waals surface area (Å²) in [6.07, 6.45) is 4.60. The summed E-state index contributed by atoms with van der Waals surface area (Å²) < 4.78 is 14.7. The van der Waals surface area contributed by atoms with E-state index in [1.807, 2.05) is 12.1 Å². The summed E-state index contributed by atoms with van der Waals surface area (Å²) in [5.74, 6) is -0.206. The molecule has 0 spiro atoms. The van der Waals surface area contributed by atoms with Crippen molar-refractivity contribution < 1.29 is 4.39 Å². The van der Waals surface area contributed by atoms with Gasteiger partial charge in [0.25, 0.3) is 0 Å². The van der Waals surface area contributed by atoms with Gasteiger partial charge in [0.1, 0.15) is 5.82 Å². The lowest BCUT2D eigenvalue weighted by molar-refractivity contribution is 0.622. The van der Waals surface area contributed by atoms with Gasteiger partial charge in [-0.15, -0.1) is 0 Å². The van der Waals surface area contributed by atoms with Gasteiger partial charge in [0, 0.05) is 15.1 Å². The fourth-order valence-corrected chi connectivity index (χ4v) is 2.87. The van der Waals surface area contributed by atoms with Crippen molar-refractivity contribution in [2.24, 2.45) is 0 Å². The van der Waals surface area contributed by atoms with E-state index in [0.29, 0.717) is 5.56 Å². The Labute approximate surface area is 114 Å². The number of halogens is 3. The van der Waals surface area contributed by atoms with Crippen LogP contribution in [0.5, 0.6) is 0 Å². The van der Waals surface area contributed by atoms with Crippen LogP contribution in [0.2, 0.25) is 0 Å². The van der Waals surface area contributed by atoms with E-state index in [-0.39, 0.29) is 5.82 Å². The predicted octanol–water partition coefficient (Wildman–Crippen LogP) is 5.67. The first-order chi connectivity index (χ1) is 8.13. The Bertz CT molecular complexity index is 483. The van der Waals surface area contributed by atoms with Gasteiger partial charge in [-0.3, -0.25) is 0 Å². The standard InChI is InChI=1S/C14H13BrClF/c1-2-9-6-7-10(16)8-11(9)14-12(15)4-3-5-13(14)17/h3-5,8H,2,6-7H2,1H3. The maximum atomic E-state index is 13.9. The topological polar surface area (TPSA) is 0 Å². The Kier molecular flexibility index (Phi) is 4.05. The minimum Gasteiger partial charge on any atom is -0.206 e. The molecule has 3 heteroatoms. The third-order valence-corrected chi connectivity index (χ3v) is 3.97. The van der Waals surface area contributed by atoms with Crippen molar-refractivity contribution in [1.29, 1.82) is 0 Å². The minimum absolute atomic E-state index is 0.206. The van der Waals surface area contributed by atoms with Gasteiger partial charge < -0.3 is 0 Å². The van der Waals surface area contributed by atoms with Crippen molar-refractivity contribution in [3.05, 3.63) is 50.7 Å². The summed E-state index contributed by atoms with van der Waals surface area (Å²) in [5, 5.41) is 0.798. The van der Waals surface area contributed by atoms with Gasteiger partial charge in [-0.1, -0.05) is 46.1 Å². The highest BCUT2D eigenvalue weighted by Gasteiger charge is 2.17. The van der Waals surface area contributed by atoms with E-state index in [0.717, 1.165) is 34.3 Å². The lowest BCUT2D eigenvalue weighted by Gasteiger charge is -2.18. The molecule has 17 heavy (non-hydrogen) atoms. The molecule has 0 aromatic heterocycles. The molecule has 0 unspecified atom stereocenters. The van der Waals surface area contributed by atoms with Crippen molar-refractivity contribution in [1.82, 2.24) is 0 Å². The Hall–Kier alpha value is -0.600. The molecule has 0 nitrogen and oxygen atoms in total. The quantitative estimate of drug-likeness (QED) is 0.660. The van der Waals surface area contributed by atoms with Crippen molar-refractivity contribution in [2.45, 2.75) is 26.2 Å². The lowest BCUT2D eigenvalue weighted by atomic mass is 9.90. The second-order valence-electron chi connectivity index (χ2n) is 4.06. The Morgan fingerprint density at radius 3 is 2.76 bits per heavy atom. The molecule has 90 valence electrons. The number of hydrogen-bond acceptors (Lipinski definition) is 0. The number of hydrogen-bond donors (Lipinski definition) is 0. The maximum Gasteiger partial charge on any atom is 0.132 e. The third-order valence-electron chi connectivity index (χ3n) is 3.01. The zero-order valence-corrected chi connectivity index (χ0v) is 11.9. The molecule has 0 radical (unpaired) electrons. The summed E-state index contributed by atoms with van der Waals surface area (Å²) in [5.41, 5.74) is 2.83. The van der Waals surface area contributed by atoms with Gasteiger partial charge >= 0.3 is 0 Å². The molecule has 1 aliphatic carbocycles. The summed E-state index contributed by atoms with van der Waals surface area (Å²) >= 11 is 9.49. The van der Waals surface area contributed by atoms with Crippen LogP contribution < -0.4 is 0 Å². The summed E-state index contributed by atoms with van der Waals surface area (Å²) in [4.78, 5) is 0. The van der Waals surface area contributed by atoms with Crippen molar-refractivity contribution in [2.75, 3.05) is 0 Å². The molecule has 0 aliphatic heterocycles. The summed E-state index contributed by atoms with van der Waals surface area (Å²) in [7, 11) is 0. The first-order valence-electron chi connectivity index (χ1n) is 5.66. The monoisotopic (exact) mass is 314 g/mol. The molecule has 0 saturated heterocycles. The fourth-order valence-electron chi connectivity index (χ4n) is 2.11. The van der Waals surface area contributed by atoms with Crippen LogP contribution in [0.25, 0.3) is 5.57 Å². The molecule has 0 amide bonds. The number of allylic oxidation sites excluding steroid dienone is 4. The fraction of sp³-hybridized carbons (Fsp3) is 0.286. The molecule has 0 bridgehead atoms. The van der Waals surface area contributed by atoms with Crippen molar-refractivity contribution in [3.8, 4) is 0 Å². The average molecular weight is 316 g/mol. The van der Waals surface area contributed by atoms with Crippen LogP contribution in [-0.2, 0) is 0 Å². The van der Waals surface area contributed by atoms with E-state index in [1.165, 1.54) is 11.6 Å². The van der Waals surface area contributed by atoms with Crippen LogP contribution in [0, 0.1) is 5.82 Å². The van der Waals surface area contributed by atoms with E-state index in [9.17, 15) is 4.39 Å². The van der Waals surface area contributed by atoms with Crippen LogP contribution in [0.15, 0.2) is 39.4 Å². The van der Waals surface area contributed by atoms with Crippen LogP contribution >= 0.6 is 27.5 Å². The third kappa shape index (κ3) is 2.63. The Morgan fingerprint density at radius 1 is 1.35 bits per heavy atom. The SMILES string of the molecule is CCC1=C(c2c(F)cccc2Br)C=C(Cl)CC1. The average Bonchev–Trinajstić information content (AvgIpc) is 2.29. The smallest absolute Gasteiger partial charge is 0.132 e. The van der Waals surface area contributed by atoms with Gasteiger partial charge in [0.05, 0.1) is 0 Å². The molecule has 0 fully saturated rings. The Morgan fingerprint density at radius 2 is 2.12 bits per heavy atom. The van der Waals surface area contributed by atoms with E-state index in [2.05, 4.69) is 22.9 Å². The van der Waals surface area contributed by atoms with Gasteiger partial charge in [-0.05, 0) is 43.0 Å². The highest BCUT2D eigenvalue weighted by atomic mass is 79.9. The highest BCUT2D eigenvalue weighted by molar-refractivity contribution is 9.10. The van der Waals surface area contributed by atoms with E-state index < -0.39 is 0 Å². The van der Waals surface area contributed by atoms with Crippen LogP contribution in [-0.4, -0.2) is 0 Å². The predicted molar refractivity (Wildman–Crippen MR) is 74.5 cm³/mol. The maximum absolute atomic E-state index is 13.9. The number of rotatable bonds is 2. The van der Waals surface area contributed by atoms with Gasteiger partial charge in [0.2, 0.25) is 0 Å². The van der Waals surface area contributed by atoms with E-state index >= 15 is 0 Å². The summed E-state index contributed by atoms with van der Waals surface area (Å²) in [6.45, 7) is 2.09. The first kappa shape index (κ1) is 12.8.